The minimum Gasteiger partial charge on any atom is -0.496 e. The molecule has 6 rings (SSSR count). The molecule has 1 amide bonds. The Morgan fingerprint density at radius 1 is 1.23 bits per heavy atom. The summed E-state index contributed by atoms with van der Waals surface area (Å²) in [5.74, 6) is -0.524. The zero-order valence-electron chi connectivity index (χ0n) is 22.0. The van der Waals surface area contributed by atoms with Crippen molar-refractivity contribution in [1.82, 2.24) is 10.2 Å². The van der Waals surface area contributed by atoms with Gasteiger partial charge in [0.1, 0.15) is 34.1 Å². The number of aryl methyl sites for hydroxylation is 1. The van der Waals surface area contributed by atoms with E-state index in [-0.39, 0.29) is 34.6 Å². The normalized spacial score (nSPS) is 20.2. The molecular formula is C29H25N5O5. The highest BCUT2D eigenvalue weighted by Crippen LogP contribution is 2.60. The zero-order chi connectivity index (χ0) is 27.9. The summed E-state index contributed by atoms with van der Waals surface area (Å²) in [6, 6.07) is 12.2. The summed E-state index contributed by atoms with van der Waals surface area (Å²) in [5.41, 5.74) is 7.67. The number of benzene rings is 2. The Morgan fingerprint density at radius 2 is 1.97 bits per heavy atom. The number of aromatic nitrogens is 2. The van der Waals surface area contributed by atoms with Gasteiger partial charge in [-0.15, -0.1) is 5.10 Å². The fraction of sp³-hybridized carbons (Fsp3) is 0.241. The quantitative estimate of drug-likeness (QED) is 0.389. The highest BCUT2D eigenvalue weighted by Gasteiger charge is 2.64. The number of ether oxygens (including phenoxy) is 3. The fourth-order valence-corrected chi connectivity index (χ4v) is 6.09. The van der Waals surface area contributed by atoms with E-state index < -0.39 is 16.9 Å². The van der Waals surface area contributed by atoms with Crippen LogP contribution in [0.25, 0.3) is 5.57 Å². The maximum absolute atomic E-state index is 14.7. The topological polar surface area (TPSA) is 144 Å². The van der Waals surface area contributed by atoms with E-state index in [2.05, 4.69) is 16.3 Å². The summed E-state index contributed by atoms with van der Waals surface area (Å²) in [4.78, 5) is 29.6. The van der Waals surface area contributed by atoms with Crippen LogP contribution >= 0.6 is 0 Å². The molecule has 4 heterocycles. The number of carbonyl (C=O) groups is 2. The molecule has 1 spiro atoms. The van der Waals surface area contributed by atoms with Crippen LogP contribution in [0, 0.1) is 18.3 Å². The third-order valence-electron chi connectivity index (χ3n) is 7.57. The Labute approximate surface area is 224 Å². The Bertz CT molecular complexity index is 1720. The fourth-order valence-electron chi connectivity index (χ4n) is 6.09. The molecule has 3 N–H and O–H groups in total. The lowest BCUT2D eigenvalue weighted by molar-refractivity contribution is -0.121. The summed E-state index contributed by atoms with van der Waals surface area (Å²) in [6.07, 6.45) is 1.98. The van der Waals surface area contributed by atoms with E-state index in [1.54, 1.807) is 48.2 Å². The van der Waals surface area contributed by atoms with Crippen molar-refractivity contribution in [3.05, 3.63) is 81.9 Å². The average molecular weight is 524 g/mol. The van der Waals surface area contributed by atoms with Gasteiger partial charge in [0.05, 0.1) is 23.9 Å². The molecule has 3 aromatic rings. The molecule has 1 atom stereocenters. The number of methoxy groups -OCH3 is 1. The Morgan fingerprint density at radius 3 is 2.69 bits per heavy atom. The first-order chi connectivity index (χ1) is 18.6. The number of amides is 1. The number of esters is 1. The predicted molar refractivity (Wildman–Crippen MR) is 141 cm³/mol. The van der Waals surface area contributed by atoms with Gasteiger partial charge in [-0.25, -0.2) is 4.79 Å². The molecule has 0 radical (unpaired) electrons. The second-order valence-electron chi connectivity index (χ2n) is 10.3. The zero-order valence-corrected chi connectivity index (χ0v) is 22.0. The van der Waals surface area contributed by atoms with E-state index in [1.807, 2.05) is 26.8 Å². The number of hydrogen-bond acceptors (Lipinski definition) is 8. The number of rotatable bonds is 3. The van der Waals surface area contributed by atoms with E-state index in [1.165, 1.54) is 7.11 Å². The van der Waals surface area contributed by atoms with E-state index >= 15 is 0 Å². The first kappa shape index (κ1) is 24.3. The minimum absolute atomic E-state index is 0.0530. The monoisotopic (exact) mass is 523 g/mol. The first-order valence-corrected chi connectivity index (χ1v) is 12.3. The molecule has 0 saturated heterocycles. The van der Waals surface area contributed by atoms with Gasteiger partial charge in [0, 0.05) is 16.8 Å². The van der Waals surface area contributed by atoms with Gasteiger partial charge in [-0.2, -0.15) is 5.26 Å². The van der Waals surface area contributed by atoms with Crippen LogP contribution in [0.1, 0.15) is 53.5 Å². The van der Waals surface area contributed by atoms with Crippen molar-refractivity contribution in [3.63, 3.8) is 0 Å². The molecule has 3 aliphatic heterocycles. The molecule has 3 aliphatic rings. The maximum atomic E-state index is 14.7. The molecule has 0 bridgehead atoms. The van der Waals surface area contributed by atoms with Crippen molar-refractivity contribution >= 4 is 23.1 Å². The molecule has 0 aliphatic carbocycles. The second kappa shape index (κ2) is 7.98. The summed E-state index contributed by atoms with van der Waals surface area (Å²) in [7, 11) is 1.47. The predicted octanol–water partition coefficient (Wildman–Crippen LogP) is 3.86. The first-order valence-electron chi connectivity index (χ1n) is 12.3. The van der Waals surface area contributed by atoms with E-state index in [9.17, 15) is 14.9 Å². The lowest BCUT2D eigenvalue weighted by Crippen LogP contribution is -2.53. The molecule has 196 valence electrons. The van der Waals surface area contributed by atoms with Gasteiger partial charge in [0.15, 0.2) is 0 Å². The van der Waals surface area contributed by atoms with Gasteiger partial charge in [0.25, 0.3) is 0 Å². The van der Waals surface area contributed by atoms with Crippen LogP contribution in [0.2, 0.25) is 0 Å². The maximum Gasteiger partial charge on any atom is 0.347 e. The third-order valence-corrected chi connectivity index (χ3v) is 7.57. The summed E-state index contributed by atoms with van der Waals surface area (Å²) >= 11 is 0. The van der Waals surface area contributed by atoms with Crippen molar-refractivity contribution in [3.8, 4) is 23.4 Å². The van der Waals surface area contributed by atoms with Crippen molar-refractivity contribution in [2.45, 2.75) is 38.6 Å². The summed E-state index contributed by atoms with van der Waals surface area (Å²) < 4.78 is 16.9. The third kappa shape index (κ3) is 3.04. The van der Waals surface area contributed by atoms with E-state index in [0.29, 0.717) is 33.8 Å². The van der Waals surface area contributed by atoms with Gasteiger partial charge in [0.2, 0.25) is 17.7 Å². The number of para-hydroxylation sites is 1. The number of nitriles is 1. The van der Waals surface area contributed by atoms with Crippen LogP contribution in [0.5, 0.6) is 17.4 Å². The number of fused-ring (bicyclic) bond motifs is 3. The number of carbonyl (C=O) groups excluding carboxylic acids is 2. The highest BCUT2D eigenvalue weighted by molar-refractivity contribution is 6.18. The van der Waals surface area contributed by atoms with E-state index in [0.717, 1.165) is 5.57 Å². The van der Waals surface area contributed by atoms with Gasteiger partial charge in [-0.05, 0) is 57.5 Å². The van der Waals surface area contributed by atoms with Crippen molar-refractivity contribution in [1.29, 1.82) is 5.26 Å². The number of allylic oxidation sites excluding steroid dienone is 1. The highest BCUT2D eigenvalue weighted by atomic mass is 16.5. The summed E-state index contributed by atoms with van der Waals surface area (Å²) in [5, 5.41) is 17.4. The van der Waals surface area contributed by atoms with Gasteiger partial charge < -0.3 is 24.8 Å². The van der Waals surface area contributed by atoms with Gasteiger partial charge in [-0.1, -0.05) is 18.2 Å². The number of hydrogen-bond donors (Lipinski definition) is 2. The van der Waals surface area contributed by atoms with Crippen molar-refractivity contribution in [2.24, 2.45) is 5.73 Å². The molecule has 1 aromatic heterocycles. The lowest BCUT2D eigenvalue weighted by Gasteiger charge is -2.40. The van der Waals surface area contributed by atoms with Crippen LogP contribution in [0.3, 0.4) is 0 Å². The SMILES string of the molecule is COc1ccccc1C(=O)Oc1cc2c3c(c1)[C@]1(C(=O)N3C(C)(C)C=C2C)C(C#N)=C(N)Oc2n[nH]c(C)c21. The average Bonchev–Trinajstić information content (AvgIpc) is 3.38. The molecule has 0 unspecified atom stereocenters. The number of nitrogens with one attached hydrogen (secondary N) is 1. The molecule has 0 fully saturated rings. The smallest absolute Gasteiger partial charge is 0.347 e. The van der Waals surface area contributed by atoms with Crippen LogP contribution in [0.15, 0.2) is 53.9 Å². The number of nitrogens with two attached hydrogens (primary N) is 1. The molecule has 2 aromatic carbocycles. The van der Waals surface area contributed by atoms with Gasteiger partial charge in [-0.3, -0.25) is 9.89 Å². The summed E-state index contributed by atoms with van der Waals surface area (Å²) in [6.45, 7) is 7.54. The molecule has 10 heteroatoms. The molecule has 39 heavy (non-hydrogen) atoms. The Balaban J connectivity index is 1.65. The Hall–Kier alpha value is -5.04. The van der Waals surface area contributed by atoms with Crippen LogP contribution in [0.4, 0.5) is 5.69 Å². The van der Waals surface area contributed by atoms with Crippen molar-refractivity contribution in [2.75, 3.05) is 12.0 Å². The Kier molecular flexibility index (Phi) is 4.97. The number of aromatic amines is 1. The van der Waals surface area contributed by atoms with Crippen LogP contribution in [-0.4, -0.2) is 34.7 Å². The van der Waals surface area contributed by atoms with Crippen molar-refractivity contribution < 1.29 is 23.8 Å². The largest absolute Gasteiger partial charge is 0.496 e. The number of H-pyrrole nitrogens is 1. The minimum atomic E-state index is -1.66. The molecule has 0 saturated carbocycles. The molecule has 10 nitrogen and oxygen atoms in total. The number of anilines is 1. The van der Waals surface area contributed by atoms with Crippen LogP contribution in [-0.2, 0) is 10.2 Å². The second-order valence-corrected chi connectivity index (χ2v) is 10.3. The lowest BCUT2D eigenvalue weighted by atomic mass is 9.68. The van der Waals surface area contributed by atoms with Crippen LogP contribution < -0.4 is 24.8 Å². The van der Waals surface area contributed by atoms with E-state index in [4.69, 9.17) is 19.9 Å². The molecular weight excluding hydrogens is 498 g/mol. The number of nitrogens with zero attached hydrogens (tertiary/aromatic N) is 3. The standard InChI is InChI=1S/C29H25N5O5/c1-14-12-28(3,4)34-23-18(14)10-16(38-26(35)17-8-6-7-9-21(17)37-5)11-19(23)29(27(34)36)20(13-30)24(31)39-25-22(29)15(2)32-33-25/h6-12H,31H2,1-5H3,(H,32,33)/t29-/m0/s1. The van der Waals surface area contributed by atoms with Gasteiger partial charge >= 0.3 is 5.97 Å².